The van der Waals surface area contributed by atoms with Crippen LogP contribution < -0.4 is 15.2 Å². The fourth-order valence-electron chi connectivity index (χ4n) is 3.99. The molecule has 0 fully saturated rings. The van der Waals surface area contributed by atoms with E-state index >= 15 is 0 Å². The van der Waals surface area contributed by atoms with E-state index in [1.165, 1.54) is 12.8 Å². The van der Waals surface area contributed by atoms with Gasteiger partial charge in [-0.2, -0.15) is 0 Å². The minimum Gasteiger partial charge on any atom is -0.494 e. The van der Waals surface area contributed by atoms with Crippen LogP contribution in [0.15, 0.2) is 72.8 Å². The number of halogens is 1. The zero-order chi connectivity index (χ0) is 23.9. The summed E-state index contributed by atoms with van der Waals surface area (Å²) in [6.45, 7) is 3.47. The molecule has 0 atom stereocenters. The van der Waals surface area contributed by atoms with E-state index in [-0.39, 0.29) is 0 Å². The van der Waals surface area contributed by atoms with Crippen LogP contribution in [0, 0.1) is 0 Å². The Kier molecular flexibility index (Phi) is 7.76. The Morgan fingerprint density at radius 3 is 2.38 bits per heavy atom. The van der Waals surface area contributed by atoms with Gasteiger partial charge in [0.2, 0.25) is 0 Å². The summed E-state index contributed by atoms with van der Waals surface area (Å²) in [5.74, 6) is 1.82. The molecule has 2 heterocycles. The van der Waals surface area contributed by atoms with Crippen LogP contribution >= 0.6 is 11.6 Å². The molecule has 2 aromatic carbocycles. The Bertz CT molecular complexity index is 1230. The Labute approximate surface area is 206 Å². The second kappa shape index (κ2) is 11.1. The van der Waals surface area contributed by atoms with Gasteiger partial charge < -0.3 is 19.8 Å². The highest BCUT2D eigenvalue weighted by Crippen LogP contribution is 2.34. The summed E-state index contributed by atoms with van der Waals surface area (Å²) in [5, 5.41) is 0.700. The van der Waals surface area contributed by atoms with Gasteiger partial charge in [0.15, 0.2) is 11.6 Å². The highest BCUT2D eigenvalue weighted by Gasteiger charge is 2.15. The van der Waals surface area contributed by atoms with Crippen molar-refractivity contribution < 1.29 is 9.47 Å². The molecule has 4 aromatic rings. The molecule has 176 valence electrons. The molecule has 2 aromatic heterocycles. The number of rotatable bonds is 10. The molecule has 0 amide bonds. The van der Waals surface area contributed by atoms with Crippen LogP contribution in [-0.4, -0.2) is 23.3 Å². The van der Waals surface area contributed by atoms with Crippen molar-refractivity contribution in [3.8, 4) is 34.0 Å². The first kappa shape index (κ1) is 23.7. The predicted octanol–water partition coefficient (Wildman–Crippen LogP) is 7.08. The first-order chi connectivity index (χ1) is 16.6. The lowest BCUT2D eigenvalue weighted by molar-refractivity contribution is 0.306. The van der Waals surface area contributed by atoms with Crippen molar-refractivity contribution >= 4 is 17.4 Å². The fraction of sp³-hybridized carbons (Fsp3) is 0.250. The number of benzene rings is 2. The lowest BCUT2D eigenvalue weighted by Crippen LogP contribution is -2.07. The van der Waals surface area contributed by atoms with Gasteiger partial charge in [-0.1, -0.05) is 49.6 Å². The molecule has 0 aliphatic rings. The zero-order valence-electron chi connectivity index (χ0n) is 19.6. The van der Waals surface area contributed by atoms with E-state index in [1.54, 1.807) is 7.11 Å². The largest absolute Gasteiger partial charge is 0.494 e. The second-order valence-corrected chi connectivity index (χ2v) is 8.55. The third-order valence-corrected chi connectivity index (χ3v) is 6.11. The van der Waals surface area contributed by atoms with E-state index < -0.39 is 0 Å². The summed E-state index contributed by atoms with van der Waals surface area (Å²) in [6.07, 6.45) is 3.43. The summed E-state index contributed by atoms with van der Waals surface area (Å²) in [4.78, 5) is 4.55. The molecule has 2 N–H and O–H groups in total. The molecule has 34 heavy (non-hydrogen) atoms. The van der Waals surface area contributed by atoms with Crippen molar-refractivity contribution in [2.75, 3.05) is 19.5 Å². The molecule has 0 spiro atoms. The molecule has 0 saturated carbocycles. The van der Waals surface area contributed by atoms with E-state index in [2.05, 4.69) is 40.7 Å². The van der Waals surface area contributed by atoms with Crippen molar-refractivity contribution in [2.24, 2.45) is 0 Å². The van der Waals surface area contributed by atoms with Crippen molar-refractivity contribution in [1.29, 1.82) is 0 Å². The lowest BCUT2D eigenvalue weighted by atomic mass is 10.1. The standard InChI is InChI=1S/C28H30ClN3O2/c1-3-4-7-18-34-22-13-10-20(11-14-22)25-15-16-26(23-8-5-6-9-24(23)29)32(25)19-21-12-17-27(33-2)28(30)31-21/h5-6,8-17H,3-4,7,18-19H2,1-2H3,(H2,30,31). The van der Waals surface area contributed by atoms with E-state index in [0.717, 1.165) is 47.0 Å². The smallest absolute Gasteiger partial charge is 0.166 e. The average Bonchev–Trinajstić information content (AvgIpc) is 3.26. The summed E-state index contributed by atoms with van der Waals surface area (Å²) in [6, 6.07) is 24.1. The minimum atomic E-state index is 0.373. The normalized spacial score (nSPS) is 10.9. The molecule has 0 aliphatic carbocycles. The topological polar surface area (TPSA) is 62.3 Å². The van der Waals surface area contributed by atoms with Crippen LogP contribution in [0.1, 0.15) is 31.9 Å². The Morgan fingerprint density at radius 1 is 0.912 bits per heavy atom. The molecule has 0 bridgehead atoms. The van der Waals surface area contributed by atoms with Crippen LogP contribution in [0.2, 0.25) is 5.02 Å². The molecular weight excluding hydrogens is 446 g/mol. The molecule has 5 nitrogen and oxygen atoms in total. The van der Waals surface area contributed by atoms with Gasteiger partial charge >= 0.3 is 0 Å². The summed E-state index contributed by atoms with van der Waals surface area (Å²) in [7, 11) is 1.59. The maximum atomic E-state index is 6.56. The Balaban J connectivity index is 1.69. The minimum absolute atomic E-state index is 0.373. The van der Waals surface area contributed by atoms with Gasteiger partial charge in [0.1, 0.15) is 5.75 Å². The molecule has 0 radical (unpaired) electrons. The van der Waals surface area contributed by atoms with Crippen LogP contribution in [0.4, 0.5) is 5.82 Å². The third-order valence-electron chi connectivity index (χ3n) is 5.78. The van der Waals surface area contributed by atoms with Crippen molar-refractivity contribution in [3.05, 3.63) is 83.5 Å². The van der Waals surface area contributed by atoms with Gasteiger partial charge in [0.25, 0.3) is 0 Å². The number of hydrogen-bond acceptors (Lipinski definition) is 4. The molecule has 4 rings (SSSR count). The number of pyridine rings is 1. The maximum Gasteiger partial charge on any atom is 0.166 e. The number of nitrogen functional groups attached to an aromatic ring is 1. The molecular formula is C28H30ClN3O2. The Hall–Kier alpha value is -3.44. The molecule has 0 saturated heterocycles. The van der Waals surface area contributed by atoms with E-state index in [9.17, 15) is 0 Å². The van der Waals surface area contributed by atoms with Gasteiger partial charge in [-0.15, -0.1) is 0 Å². The lowest BCUT2D eigenvalue weighted by Gasteiger charge is -2.16. The molecule has 6 heteroatoms. The van der Waals surface area contributed by atoms with E-state index in [1.807, 2.05) is 48.5 Å². The number of hydrogen-bond donors (Lipinski definition) is 1. The van der Waals surface area contributed by atoms with Gasteiger partial charge in [0.05, 0.1) is 31.6 Å². The van der Waals surface area contributed by atoms with E-state index in [4.69, 9.17) is 26.8 Å². The first-order valence-electron chi connectivity index (χ1n) is 11.6. The first-order valence-corrected chi connectivity index (χ1v) is 12.0. The Morgan fingerprint density at radius 2 is 1.68 bits per heavy atom. The number of unbranched alkanes of at least 4 members (excludes halogenated alkanes) is 2. The number of nitrogens with two attached hydrogens (primary N) is 1. The fourth-order valence-corrected chi connectivity index (χ4v) is 4.22. The second-order valence-electron chi connectivity index (χ2n) is 8.14. The monoisotopic (exact) mass is 475 g/mol. The predicted molar refractivity (Wildman–Crippen MR) is 140 cm³/mol. The number of aromatic nitrogens is 2. The maximum absolute atomic E-state index is 6.56. The zero-order valence-corrected chi connectivity index (χ0v) is 20.4. The third kappa shape index (κ3) is 5.37. The molecule has 0 aliphatic heterocycles. The van der Waals surface area contributed by atoms with Crippen LogP contribution in [-0.2, 0) is 6.54 Å². The number of methoxy groups -OCH3 is 1. The SMILES string of the molecule is CCCCCOc1ccc(-c2ccc(-c3ccccc3Cl)n2Cc2ccc(OC)c(N)n2)cc1. The quantitative estimate of drug-likeness (QED) is 0.249. The van der Waals surface area contributed by atoms with Gasteiger partial charge in [0, 0.05) is 16.3 Å². The number of nitrogens with zero attached hydrogens (tertiary/aromatic N) is 2. The van der Waals surface area contributed by atoms with Crippen molar-refractivity contribution in [1.82, 2.24) is 9.55 Å². The van der Waals surface area contributed by atoms with Crippen molar-refractivity contribution in [3.63, 3.8) is 0 Å². The summed E-state index contributed by atoms with van der Waals surface area (Å²) in [5.41, 5.74) is 11.0. The highest BCUT2D eigenvalue weighted by molar-refractivity contribution is 6.33. The molecule has 0 unspecified atom stereocenters. The van der Waals surface area contributed by atoms with Gasteiger partial charge in [-0.25, -0.2) is 4.98 Å². The van der Waals surface area contributed by atoms with Crippen molar-refractivity contribution in [2.45, 2.75) is 32.7 Å². The highest BCUT2D eigenvalue weighted by atomic mass is 35.5. The van der Waals surface area contributed by atoms with Crippen LogP contribution in [0.3, 0.4) is 0 Å². The number of anilines is 1. The van der Waals surface area contributed by atoms with Crippen LogP contribution in [0.25, 0.3) is 22.5 Å². The van der Waals surface area contributed by atoms with Gasteiger partial charge in [-0.05, 0) is 66.6 Å². The van der Waals surface area contributed by atoms with Gasteiger partial charge in [-0.3, -0.25) is 0 Å². The summed E-state index contributed by atoms with van der Waals surface area (Å²) >= 11 is 6.56. The summed E-state index contributed by atoms with van der Waals surface area (Å²) < 4.78 is 13.4. The van der Waals surface area contributed by atoms with E-state index in [0.29, 0.717) is 23.1 Å². The average molecular weight is 476 g/mol. The number of ether oxygens (including phenoxy) is 2. The van der Waals surface area contributed by atoms with Crippen LogP contribution in [0.5, 0.6) is 11.5 Å².